The Bertz CT molecular complexity index is 1560. The lowest BCUT2D eigenvalue weighted by atomic mass is 9.76. The number of aromatic nitrogens is 1. The van der Waals surface area contributed by atoms with Crippen LogP contribution >= 0.6 is 39.9 Å². The molecule has 0 saturated heterocycles. The van der Waals surface area contributed by atoms with Crippen LogP contribution < -0.4 is 23.7 Å². The van der Waals surface area contributed by atoms with Crippen molar-refractivity contribution in [3.8, 4) is 23.0 Å². The number of thiazole rings is 1. The van der Waals surface area contributed by atoms with E-state index in [-0.39, 0.29) is 22.4 Å². The van der Waals surface area contributed by atoms with Crippen molar-refractivity contribution in [2.75, 3.05) is 35.0 Å². The molecule has 0 unspecified atom stereocenters. The topological polar surface area (TPSA) is 54.2 Å². The predicted molar refractivity (Wildman–Crippen MR) is 180 cm³/mol. The fourth-order valence-electron chi connectivity index (χ4n) is 6.08. The van der Waals surface area contributed by atoms with E-state index < -0.39 is 0 Å². The van der Waals surface area contributed by atoms with Gasteiger partial charge in [-0.1, -0.05) is 48.7 Å². The van der Waals surface area contributed by atoms with Gasteiger partial charge in [0.1, 0.15) is 0 Å². The van der Waals surface area contributed by atoms with Crippen LogP contribution in [-0.2, 0) is 24.8 Å². The van der Waals surface area contributed by atoms with E-state index in [4.69, 9.17) is 35.5 Å². The van der Waals surface area contributed by atoms with Crippen LogP contribution in [0.3, 0.4) is 0 Å². The first kappa shape index (κ1) is 33.0. The standard InChI is InChI=1S/C34H39ClN2O4S.BrH/c1-38-28-13-7-24(21-30(28)40-3)15-19-36-33-37(20-16-25-8-14-29(39-2)31(22-25)41-4)32(23-42-33)34(17-5-6-18-34)26-9-11-27(35)12-10-26;/h7-14,21-23H,5-6,15-20H2,1-4H3;1H. The molecule has 0 bridgehead atoms. The highest BCUT2D eigenvalue weighted by atomic mass is 79.9. The SMILES string of the molecule is Br.COc1ccc(CCN=c2scc(C3(c4ccc(Cl)cc4)CCCC3)n2CCc2ccc(OC)c(OC)c2)cc1OC. The first-order valence-corrected chi connectivity index (χ1v) is 15.6. The first-order chi connectivity index (χ1) is 20.5. The van der Waals surface area contributed by atoms with Gasteiger partial charge in [0, 0.05) is 34.6 Å². The molecule has 1 aliphatic rings. The van der Waals surface area contributed by atoms with Gasteiger partial charge in [-0.25, -0.2) is 0 Å². The van der Waals surface area contributed by atoms with Crippen molar-refractivity contribution < 1.29 is 18.9 Å². The van der Waals surface area contributed by atoms with E-state index in [9.17, 15) is 0 Å². The third-order valence-electron chi connectivity index (χ3n) is 8.31. The fourth-order valence-corrected chi connectivity index (χ4v) is 7.26. The molecule has 4 aromatic rings. The van der Waals surface area contributed by atoms with Gasteiger partial charge in [-0.15, -0.1) is 28.3 Å². The molecule has 6 nitrogen and oxygen atoms in total. The van der Waals surface area contributed by atoms with Crippen LogP contribution in [0, 0.1) is 0 Å². The zero-order valence-corrected chi connectivity index (χ0v) is 28.5. The quantitative estimate of drug-likeness (QED) is 0.151. The number of aryl methyl sites for hydroxylation is 1. The highest BCUT2D eigenvalue weighted by Crippen LogP contribution is 2.47. The summed E-state index contributed by atoms with van der Waals surface area (Å²) in [5.74, 6) is 2.96. The van der Waals surface area contributed by atoms with E-state index in [1.165, 1.54) is 35.2 Å². The molecular weight excluding hydrogens is 648 g/mol. The van der Waals surface area contributed by atoms with Gasteiger partial charge in [0.05, 0.1) is 28.4 Å². The molecule has 230 valence electrons. The van der Waals surface area contributed by atoms with Gasteiger partial charge in [0.25, 0.3) is 0 Å². The normalized spacial score (nSPS) is 14.3. The number of ether oxygens (including phenoxy) is 4. The van der Waals surface area contributed by atoms with Crippen LogP contribution in [0.15, 0.2) is 71.0 Å². The van der Waals surface area contributed by atoms with E-state index >= 15 is 0 Å². The minimum Gasteiger partial charge on any atom is -0.493 e. The Morgan fingerprint density at radius 1 is 0.767 bits per heavy atom. The second kappa shape index (κ2) is 15.2. The number of hydrogen-bond donors (Lipinski definition) is 0. The lowest BCUT2D eigenvalue weighted by Crippen LogP contribution is -2.31. The number of rotatable bonds is 12. The molecule has 1 fully saturated rings. The average molecular weight is 688 g/mol. The molecule has 1 aromatic heterocycles. The van der Waals surface area contributed by atoms with Crippen LogP contribution in [0.4, 0.5) is 0 Å². The predicted octanol–water partition coefficient (Wildman–Crippen LogP) is 8.06. The van der Waals surface area contributed by atoms with Crippen molar-refractivity contribution in [3.05, 3.63) is 98.3 Å². The second-order valence-electron chi connectivity index (χ2n) is 10.6. The molecule has 3 aromatic carbocycles. The zero-order valence-electron chi connectivity index (χ0n) is 25.2. The molecule has 9 heteroatoms. The number of halogens is 2. The monoisotopic (exact) mass is 686 g/mol. The molecule has 1 aliphatic carbocycles. The lowest BCUT2D eigenvalue weighted by molar-refractivity contribution is 0.354. The van der Waals surface area contributed by atoms with Crippen molar-refractivity contribution in [2.45, 2.75) is 50.5 Å². The summed E-state index contributed by atoms with van der Waals surface area (Å²) in [5, 5.41) is 3.11. The number of nitrogens with zero attached hydrogens (tertiary/aromatic N) is 2. The van der Waals surface area contributed by atoms with E-state index in [1.54, 1.807) is 39.8 Å². The molecule has 0 N–H and O–H groups in total. The summed E-state index contributed by atoms with van der Waals surface area (Å²) in [5.41, 5.74) is 4.99. The highest BCUT2D eigenvalue weighted by Gasteiger charge is 2.40. The molecule has 0 spiro atoms. The van der Waals surface area contributed by atoms with Gasteiger partial charge in [-0.2, -0.15) is 0 Å². The summed E-state index contributed by atoms with van der Waals surface area (Å²) in [6.45, 7) is 1.50. The third-order valence-corrected chi connectivity index (χ3v) is 9.46. The molecule has 5 rings (SSSR count). The summed E-state index contributed by atoms with van der Waals surface area (Å²) in [7, 11) is 6.67. The summed E-state index contributed by atoms with van der Waals surface area (Å²) in [6.07, 6.45) is 6.31. The van der Waals surface area contributed by atoms with Gasteiger partial charge in [-0.3, -0.25) is 4.99 Å². The lowest BCUT2D eigenvalue weighted by Gasteiger charge is -2.31. The van der Waals surface area contributed by atoms with E-state index in [1.807, 2.05) is 30.3 Å². The van der Waals surface area contributed by atoms with Crippen LogP contribution in [0.25, 0.3) is 0 Å². The maximum absolute atomic E-state index is 6.30. The Balaban J connectivity index is 0.00000423. The Hall–Kier alpha value is -2.94. The van der Waals surface area contributed by atoms with Crippen molar-refractivity contribution in [1.82, 2.24) is 4.57 Å². The first-order valence-electron chi connectivity index (χ1n) is 14.4. The minimum absolute atomic E-state index is 0. The number of hydrogen-bond acceptors (Lipinski definition) is 6. The zero-order chi connectivity index (χ0) is 29.5. The molecule has 0 atom stereocenters. The van der Waals surface area contributed by atoms with Gasteiger partial charge < -0.3 is 23.5 Å². The largest absolute Gasteiger partial charge is 0.493 e. The Morgan fingerprint density at radius 3 is 1.88 bits per heavy atom. The van der Waals surface area contributed by atoms with E-state index in [0.29, 0.717) is 6.54 Å². The average Bonchev–Trinajstić information content (AvgIpc) is 3.68. The van der Waals surface area contributed by atoms with Gasteiger partial charge in [0.15, 0.2) is 27.8 Å². The fraction of sp³-hybridized carbons (Fsp3) is 0.382. The van der Waals surface area contributed by atoms with Crippen molar-refractivity contribution in [3.63, 3.8) is 0 Å². The van der Waals surface area contributed by atoms with Gasteiger partial charge >= 0.3 is 0 Å². The van der Waals surface area contributed by atoms with Gasteiger partial charge in [0.2, 0.25) is 0 Å². The second-order valence-corrected chi connectivity index (χ2v) is 11.9. The molecule has 1 heterocycles. The van der Waals surface area contributed by atoms with Crippen molar-refractivity contribution in [2.24, 2.45) is 4.99 Å². The van der Waals surface area contributed by atoms with Crippen LogP contribution in [-0.4, -0.2) is 39.6 Å². The Labute approximate surface area is 274 Å². The summed E-state index contributed by atoms with van der Waals surface area (Å²) >= 11 is 8.04. The smallest absolute Gasteiger partial charge is 0.184 e. The highest BCUT2D eigenvalue weighted by molar-refractivity contribution is 8.93. The minimum atomic E-state index is -0.0458. The maximum atomic E-state index is 6.30. The van der Waals surface area contributed by atoms with E-state index in [2.05, 4.69) is 40.3 Å². The molecule has 1 saturated carbocycles. The number of methoxy groups -OCH3 is 4. The van der Waals surface area contributed by atoms with Crippen LogP contribution in [0.5, 0.6) is 23.0 Å². The maximum Gasteiger partial charge on any atom is 0.184 e. The number of benzene rings is 3. The molecule has 43 heavy (non-hydrogen) atoms. The summed E-state index contributed by atoms with van der Waals surface area (Å²) in [6, 6.07) is 20.7. The Kier molecular flexibility index (Phi) is 11.6. The van der Waals surface area contributed by atoms with Crippen LogP contribution in [0.1, 0.15) is 48.1 Å². The summed E-state index contributed by atoms with van der Waals surface area (Å²) < 4.78 is 24.4. The molecular formula is C34H40BrClN2O4S. The third kappa shape index (κ3) is 7.24. The summed E-state index contributed by atoms with van der Waals surface area (Å²) in [4.78, 5) is 6.19. The Morgan fingerprint density at radius 2 is 1.33 bits per heavy atom. The van der Waals surface area contributed by atoms with Gasteiger partial charge in [-0.05, 0) is 78.8 Å². The van der Waals surface area contributed by atoms with Crippen LogP contribution in [0.2, 0.25) is 5.02 Å². The van der Waals surface area contributed by atoms with Crippen molar-refractivity contribution >= 4 is 39.9 Å². The van der Waals surface area contributed by atoms with Crippen molar-refractivity contribution in [1.29, 1.82) is 0 Å². The molecule has 0 aliphatic heterocycles. The molecule has 0 amide bonds. The van der Waals surface area contributed by atoms with E-state index in [0.717, 1.165) is 65.1 Å². The molecule has 0 radical (unpaired) electrons.